The van der Waals surface area contributed by atoms with Crippen molar-refractivity contribution in [1.29, 1.82) is 0 Å². The van der Waals surface area contributed by atoms with Crippen LogP contribution in [0.15, 0.2) is 24.3 Å². The lowest BCUT2D eigenvalue weighted by molar-refractivity contribution is -0.133. The standard InChI is InChI=1S/C15H19NO3/c1-15(2)8-3-9-16(15)13(17)10-11-4-6-12(7-5-11)14(18)19/h4-7H,3,8-10H2,1-2H3,(H,18,19). The molecule has 0 bridgehead atoms. The van der Waals surface area contributed by atoms with E-state index in [0.29, 0.717) is 6.42 Å². The van der Waals surface area contributed by atoms with Crippen LogP contribution in [0.3, 0.4) is 0 Å². The molecule has 2 rings (SSSR count). The van der Waals surface area contributed by atoms with Crippen molar-refractivity contribution in [3.63, 3.8) is 0 Å². The maximum Gasteiger partial charge on any atom is 0.335 e. The molecule has 1 aromatic rings. The smallest absolute Gasteiger partial charge is 0.335 e. The van der Waals surface area contributed by atoms with Gasteiger partial charge in [-0.1, -0.05) is 12.1 Å². The van der Waals surface area contributed by atoms with Gasteiger partial charge in [0.2, 0.25) is 5.91 Å². The summed E-state index contributed by atoms with van der Waals surface area (Å²) in [5.74, 6) is -0.830. The Bertz CT molecular complexity index is 491. The van der Waals surface area contributed by atoms with Crippen molar-refractivity contribution in [2.24, 2.45) is 0 Å². The number of carboxylic acid groups (broad SMARTS) is 1. The van der Waals surface area contributed by atoms with E-state index >= 15 is 0 Å². The maximum absolute atomic E-state index is 12.3. The summed E-state index contributed by atoms with van der Waals surface area (Å²) in [5.41, 5.74) is 1.05. The second-order valence-corrected chi connectivity index (χ2v) is 5.64. The fourth-order valence-corrected chi connectivity index (χ4v) is 2.60. The Kier molecular flexibility index (Phi) is 3.60. The van der Waals surface area contributed by atoms with Crippen molar-refractivity contribution < 1.29 is 14.7 Å². The quantitative estimate of drug-likeness (QED) is 0.908. The summed E-state index contributed by atoms with van der Waals surface area (Å²) in [6.07, 6.45) is 2.43. The summed E-state index contributed by atoms with van der Waals surface area (Å²) < 4.78 is 0. The van der Waals surface area contributed by atoms with E-state index < -0.39 is 5.97 Å². The van der Waals surface area contributed by atoms with Gasteiger partial charge in [-0.05, 0) is 44.4 Å². The molecule has 0 radical (unpaired) electrons. The molecule has 4 heteroatoms. The number of nitrogens with zero attached hydrogens (tertiary/aromatic N) is 1. The summed E-state index contributed by atoms with van der Waals surface area (Å²) in [6.45, 7) is 5.00. The zero-order valence-corrected chi connectivity index (χ0v) is 11.3. The third kappa shape index (κ3) is 2.95. The lowest BCUT2D eigenvalue weighted by atomic mass is 10.0. The SMILES string of the molecule is CC1(C)CCCN1C(=O)Cc1ccc(C(=O)O)cc1. The minimum Gasteiger partial charge on any atom is -0.478 e. The molecular formula is C15H19NO3. The molecule has 102 valence electrons. The van der Waals surface area contributed by atoms with Gasteiger partial charge in [0.25, 0.3) is 0 Å². The van der Waals surface area contributed by atoms with Crippen molar-refractivity contribution in [3.8, 4) is 0 Å². The number of carboxylic acids is 1. The van der Waals surface area contributed by atoms with Crippen LogP contribution >= 0.6 is 0 Å². The Morgan fingerprint density at radius 2 is 1.89 bits per heavy atom. The molecule has 1 fully saturated rings. The first kappa shape index (κ1) is 13.6. The van der Waals surface area contributed by atoms with Crippen LogP contribution in [0, 0.1) is 0 Å². The molecule has 4 nitrogen and oxygen atoms in total. The predicted octanol–water partition coefficient (Wildman–Crippen LogP) is 2.33. The third-order valence-electron chi connectivity index (χ3n) is 3.76. The molecule has 1 aliphatic heterocycles. The Hall–Kier alpha value is -1.84. The van der Waals surface area contributed by atoms with E-state index in [1.165, 1.54) is 0 Å². The van der Waals surface area contributed by atoms with Crippen molar-refractivity contribution in [2.75, 3.05) is 6.54 Å². The van der Waals surface area contributed by atoms with E-state index in [4.69, 9.17) is 5.11 Å². The van der Waals surface area contributed by atoms with Gasteiger partial charge in [-0.2, -0.15) is 0 Å². The van der Waals surface area contributed by atoms with Crippen LogP contribution in [0.1, 0.15) is 42.6 Å². The summed E-state index contributed by atoms with van der Waals surface area (Å²) >= 11 is 0. The van der Waals surface area contributed by atoms with Gasteiger partial charge in [0, 0.05) is 12.1 Å². The topological polar surface area (TPSA) is 57.6 Å². The minimum atomic E-state index is -0.946. The normalized spacial score (nSPS) is 17.5. The van der Waals surface area contributed by atoms with E-state index in [9.17, 15) is 9.59 Å². The Balaban J connectivity index is 2.05. The first-order chi connectivity index (χ1) is 8.90. The van der Waals surface area contributed by atoms with Crippen molar-refractivity contribution in [2.45, 2.75) is 38.6 Å². The molecular weight excluding hydrogens is 242 g/mol. The minimum absolute atomic E-state index is 0.0575. The third-order valence-corrected chi connectivity index (χ3v) is 3.76. The number of carbonyl (C=O) groups is 2. The number of amides is 1. The summed E-state index contributed by atoms with van der Waals surface area (Å²) in [5, 5.41) is 8.82. The van der Waals surface area contributed by atoms with E-state index in [-0.39, 0.29) is 17.0 Å². The number of benzene rings is 1. The number of rotatable bonds is 3. The first-order valence-electron chi connectivity index (χ1n) is 6.53. The monoisotopic (exact) mass is 261 g/mol. The van der Waals surface area contributed by atoms with Gasteiger partial charge < -0.3 is 10.0 Å². The van der Waals surface area contributed by atoms with Crippen LogP contribution in [-0.2, 0) is 11.2 Å². The molecule has 1 N–H and O–H groups in total. The largest absolute Gasteiger partial charge is 0.478 e. The first-order valence-corrected chi connectivity index (χ1v) is 6.53. The number of likely N-dealkylation sites (tertiary alicyclic amines) is 1. The van der Waals surface area contributed by atoms with Gasteiger partial charge in [0.15, 0.2) is 0 Å². The fourth-order valence-electron chi connectivity index (χ4n) is 2.60. The number of hydrogen-bond donors (Lipinski definition) is 1. The van der Waals surface area contributed by atoms with Gasteiger partial charge in [-0.25, -0.2) is 4.79 Å². The van der Waals surface area contributed by atoms with Gasteiger partial charge in [-0.15, -0.1) is 0 Å². The lowest BCUT2D eigenvalue weighted by Gasteiger charge is -2.31. The van der Waals surface area contributed by atoms with E-state index in [2.05, 4.69) is 13.8 Å². The number of carbonyl (C=O) groups excluding carboxylic acids is 1. The molecule has 1 saturated heterocycles. The van der Waals surface area contributed by atoms with Gasteiger partial charge in [-0.3, -0.25) is 4.79 Å². The molecule has 19 heavy (non-hydrogen) atoms. The molecule has 0 saturated carbocycles. The summed E-state index contributed by atoms with van der Waals surface area (Å²) in [7, 11) is 0. The summed E-state index contributed by atoms with van der Waals surface area (Å²) in [6, 6.07) is 6.51. The molecule has 0 aliphatic carbocycles. The molecule has 1 aliphatic rings. The highest BCUT2D eigenvalue weighted by Gasteiger charge is 2.34. The second-order valence-electron chi connectivity index (χ2n) is 5.64. The summed E-state index contributed by atoms with van der Waals surface area (Å²) in [4.78, 5) is 24.9. The molecule has 1 aromatic carbocycles. The maximum atomic E-state index is 12.3. The van der Waals surface area contributed by atoms with Gasteiger partial charge in [0.1, 0.15) is 0 Å². The van der Waals surface area contributed by atoms with Crippen LogP contribution in [0.2, 0.25) is 0 Å². The molecule has 0 unspecified atom stereocenters. The predicted molar refractivity (Wildman–Crippen MR) is 72.1 cm³/mol. The molecule has 0 spiro atoms. The van der Waals surface area contributed by atoms with E-state index in [1.807, 2.05) is 4.90 Å². The zero-order chi connectivity index (χ0) is 14.0. The number of hydrogen-bond acceptors (Lipinski definition) is 2. The Morgan fingerprint density at radius 1 is 1.26 bits per heavy atom. The average Bonchev–Trinajstić information content (AvgIpc) is 2.69. The fraction of sp³-hybridized carbons (Fsp3) is 0.467. The van der Waals surface area contributed by atoms with Crippen molar-refractivity contribution >= 4 is 11.9 Å². The molecule has 0 atom stereocenters. The molecule has 0 aromatic heterocycles. The van der Waals surface area contributed by atoms with Crippen LogP contribution < -0.4 is 0 Å². The highest BCUT2D eigenvalue weighted by molar-refractivity contribution is 5.87. The van der Waals surface area contributed by atoms with Gasteiger partial charge in [0.05, 0.1) is 12.0 Å². The van der Waals surface area contributed by atoms with Crippen molar-refractivity contribution in [1.82, 2.24) is 4.90 Å². The highest BCUT2D eigenvalue weighted by atomic mass is 16.4. The van der Waals surface area contributed by atoms with Gasteiger partial charge >= 0.3 is 5.97 Å². The van der Waals surface area contributed by atoms with E-state index in [0.717, 1.165) is 24.9 Å². The van der Waals surface area contributed by atoms with Crippen molar-refractivity contribution in [3.05, 3.63) is 35.4 Å². The van der Waals surface area contributed by atoms with Crippen LogP contribution in [0.25, 0.3) is 0 Å². The van der Waals surface area contributed by atoms with Crippen LogP contribution in [-0.4, -0.2) is 34.0 Å². The zero-order valence-electron chi connectivity index (χ0n) is 11.3. The second kappa shape index (κ2) is 5.03. The lowest BCUT2D eigenvalue weighted by Crippen LogP contribution is -2.43. The average molecular weight is 261 g/mol. The number of aromatic carboxylic acids is 1. The van der Waals surface area contributed by atoms with E-state index in [1.54, 1.807) is 24.3 Å². The highest BCUT2D eigenvalue weighted by Crippen LogP contribution is 2.28. The van der Waals surface area contributed by atoms with Crippen LogP contribution in [0.4, 0.5) is 0 Å². The molecule has 1 heterocycles. The van der Waals surface area contributed by atoms with Crippen LogP contribution in [0.5, 0.6) is 0 Å². The Morgan fingerprint density at radius 3 is 2.37 bits per heavy atom. The Labute approximate surface area is 113 Å². The molecule has 1 amide bonds.